The molecule has 0 heterocycles. The minimum absolute atomic E-state index is 0.137. The maximum atomic E-state index is 12.0. The summed E-state index contributed by atoms with van der Waals surface area (Å²) in [6.45, 7) is 3.99. The fourth-order valence-corrected chi connectivity index (χ4v) is 2.09. The Kier molecular flexibility index (Phi) is 8.06. The number of nitrogens with one attached hydrogen (secondary N) is 2. The highest BCUT2D eigenvalue weighted by Gasteiger charge is 2.24. The first-order valence-electron chi connectivity index (χ1n) is 7.87. The van der Waals surface area contributed by atoms with Gasteiger partial charge < -0.3 is 15.7 Å². The summed E-state index contributed by atoms with van der Waals surface area (Å²) in [5.41, 5.74) is 1.09. The van der Waals surface area contributed by atoms with Gasteiger partial charge in [0.15, 0.2) is 0 Å². The first kappa shape index (κ1) is 19.2. The number of carbonyl (C=O) groups is 2. The van der Waals surface area contributed by atoms with Crippen LogP contribution >= 0.6 is 0 Å². The molecule has 0 radical (unpaired) electrons. The van der Waals surface area contributed by atoms with Crippen molar-refractivity contribution in [3.05, 3.63) is 47.7 Å². The van der Waals surface area contributed by atoms with Crippen LogP contribution in [0.5, 0.6) is 0 Å². The molecule has 0 fully saturated rings. The summed E-state index contributed by atoms with van der Waals surface area (Å²) >= 11 is 0. The van der Waals surface area contributed by atoms with Crippen LogP contribution in [0.25, 0.3) is 0 Å². The Labute approximate surface area is 142 Å². The fraction of sp³-hybridized carbons (Fsp3) is 0.389. The van der Waals surface area contributed by atoms with Crippen molar-refractivity contribution in [1.82, 2.24) is 10.6 Å². The molecule has 6 heteroatoms. The zero-order valence-electron chi connectivity index (χ0n) is 14.0. The molecule has 1 unspecified atom stereocenters. The van der Waals surface area contributed by atoms with E-state index in [4.69, 9.17) is 10.4 Å². The van der Waals surface area contributed by atoms with E-state index in [1.54, 1.807) is 19.9 Å². The minimum Gasteiger partial charge on any atom is -0.480 e. The van der Waals surface area contributed by atoms with Crippen molar-refractivity contribution in [2.75, 3.05) is 6.54 Å². The van der Waals surface area contributed by atoms with Crippen molar-refractivity contribution >= 4 is 11.9 Å². The molecule has 0 bridgehead atoms. The Bertz CT molecular complexity index is 618. The van der Waals surface area contributed by atoms with Crippen LogP contribution in [-0.2, 0) is 16.0 Å². The molecule has 0 aromatic heterocycles. The topological polar surface area (TPSA) is 102 Å². The van der Waals surface area contributed by atoms with Gasteiger partial charge in [0, 0.05) is 12.7 Å². The lowest BCUT2D eigenvalue weighted by Gasteiger charge is -2.17. The van der Waals surface area contributed by atoms with E-state index in [9.17, 15) is 9.59 Å². The predicted molar refractivity (Wildman–Crippen MR) is 90.9 cm³/mol. The lowest BCUT2D eigenvalue weighted by molar-refractivity contribution is -0.142. The van der Waals surface area contributed by atoms with E-state index in [2.05, 4.69) is 10.6 Å². The van der Waals surface area contributed by atoms with Crippen molar-refractivity contribution in [3.63, 3.8) is 0 Å². The van der Waals surface area contributed by atoms with Gasteiger partial charge in [-0.15, -0.1) is 0 Å². The normalized spacial score (nSPS) is 12.3. The van der Waals surface area contributed by atoms with Crippen molar-refractivity contribution in [3.8, 4) is 6.07 Å². The van der Waals surface area contributed by atoms with Crippen LogP contribution in [0.1, 0.15) is 25.8 Å². The lowest BCUT2D eigenvalue weighted by Crippen LogP contribution is -2.44. The molecule has 0 saturated carbocycles. The van der Waals surface area contributed by atoms with Gasteiger partial charge in [0.25, 0.3) is 5.91 Å². The van der Waals surface area contributed by atoms with Crippen molar-refractivity contribution in [2.45, 2.75) is 32.7 Å². The highest BCUT2D eigenvalue weighted by atomic mass is 16.4. The zero-order chi connectivity index (χ0) is 17.9. The molecule has 0 aliphatic heterocycles. The number of nitriles is 1. The highest BCUT2D eigenvalue weighted by Crippen LogP contribution is 2.04. The van der Waals surface area contributed by atoms with Crippen molar-refractivity contribution < 1.29 is 14.7 Å². The van der Waals surface area contributed by atoms with E-state index in [1.807, 2.05) is 30.3 Å². The average molecular weight is 329 g/mol. The molecule has 0 saturated heterocycles. The number of nitrogens with zero attached hydrogens (tertiary/aromatic N) is 1. The molecule has 128 valence electrons. The van der Waals surface area contributed by atoms with Crippen LogP contribution in [0.3, 0.4) is 0 Å². The molecule has 1 rings (SSSR count). The third-order valence-electron chi connectivity index (χ3n) is 3.46. The number of carbonyl (C=O) groups excluding carboxylic acids is 1. The van der Waals surface area contributed by atoms with Gasteiger partial charge in [0.2, 0.25) is 0 Å². The number of carboxylic acid groups (broad SMARTS) is 1. The molecule has 6 nitrogen and oxygen atoms in total. The molecular formula is C18H23N3O3. The predicted octanol–water partition coefficient (Wildman–Crippen LogP) is 1.84. The van der Waals surface area contributed by atoms with Crippen LogP contribution in [0, 0.1) is 17.2 Å². The maximum absolute atomic E-state index is 12.0. The molecule has 0 aliphatic rings. The largest absolute Gasteiger partial charge is 0.480 e. The molecular weight excluding hydrogens is 306 g/mol. The second-order valence-electron chi connectivity index (χ2n) is 5.75. The molecule has 24 heavy (non-hydrogen) atoms. The summed E-state index contributed by atoms with van der Waals surface area (Å²) in [7, 11) is 0. The van der Waals surface area contributed by atoms with Gasteiger partial charge in [-0.25, -0.2) is 4.79 Å². The number of rotatable bonds is 9. The molecule has 1 aromatic carbocycles. The third-order valence-corrected chi connectivity index (χ3v) is 3.46. The maximum Gasteiger partial charge on any atom is 0.326 e. The third kappa shape index (κ3) is 6.53. The van der Waals surface area contributed by atoms with Crippen molar-refractivity contribution in [1.29, 1.82) is 5.26 Å². The molecule has 1 atom stereocenters. The van der Waals surface area contributed by atoms with E-state index in [1.165, 1.54) is 11.8 Å². The Balaban J connectivity index is 2.47. The quantitative estimate of drug-likeness (QED) is 0.364. The van der Waals surface area contributed by atoms with Crippen LogP contribution in [0.15, 0.2) is 42.1 Å². The first-order chi connectivity index (χ1) is 11.5. The number of hydrogen-bond acceptors (Lipinski definition) is 4. The monoisotopic (exact) mass is 329 g/mol. The Morgan fingerprint density at radius 1 is 1.29 bits per heavy atom. The smallest absolute Gasteiger partial charge is 0.326 e. The number of aryl methyl sites for hydroxylation is 1. The molecule has 0 spiro atoms. The summed E-state index contributed by atoms with van der Waals surface area (Å²) in [5, 5.41) is 23.4. The number of aliphatic carboxylic acids is 1. The SMILES string of the molecule is CC(C)C(NC(=O)/C(C#N)=C\NCCCc1ccccc1)C(=O)O. The summed E-state index contributed by atoms with van der Waals surface area (Å²) in [5.74, 6) is -2.08. The molecule has 1 aromatic rings. The second-order valence-corrected chi connectivity index (χ2v) is 5.75. The van der Waals surface area contributed by atoms with E-state index in [0.717, 1.165) is 12.8 Å². The van der Waals surface area contributed by atoms with E-state index < -0.39 is 17.9 Å². The average Bonchev–Trinajstić information content (AvgIpc) is 2.56. The van der Waals surface area contributed by atoms with Gasteiger partial charge in [-0.1, -0.05) is 44.2 Å². The number of amides is 1. The number of carboxylic acids is 1. The van der Waals surface area contributed by atoms with Gasteiger partial charge >= 0.3 is 5.97 Å². The van der Waals surface area contributed by atoms with Gasteiger partial charge in [-0.3, -0.25) is 4.79 Å². The lowest BCUT2D eigenvalue weighted by atomic mass is 10.0. The standard InChI is InChI=1S/C18H23N3O3/c1-13(2)16(18(23)24)21-17(22)15(11-19)12-20-10-6-9-14-7-4-3-5-8-14/h3-5,7-8,12-13,16,20H,6,9-10H2,1-2H3,(H,21,22)(H,23,24)/b15-12-. The van der Waals surface area contributed by atoms with Crippen LogP contribution < -0.4 is 10.6 Å². The number of benzene rings is 1. The summed E-state index contributed by atoms with van der Waals surface area (Å²) < 4.78 is 0. The van der Waals surface area contributed by atoms with E-state index in [-0.39, 0.29) is 11.5 Å². The highest BCUT2D eigenvalue weighted by molar-refractivity contribution is 5.99. The van der Waals surface area contributed by atoms with Gasteiger partial charge in [-0.2, -0.15) is 5.26 Å². The van der Waals surface area contributed by atoms with Crippen LogP contribution in [0.2, 0.25) is 0 Å². The Morgan fingerprint density at radius 2 is 1.96 bits per heavy atom. The summed E-state index contributed by atoms with van der Waals surface area (Å²) in [4.78, 5) is 23.1. The fourth-order valence-electron chi connectivity index (χ4n) is 2.09. The van der Waals surface area contributed by atoms with Crippen LogP contribution in [0.4, 0.5) is 0 Å². The number of hydrogen-bond donors (Lipinski definition) is 3. The van der Waals surface area contributed by atoms with Gasteiger partial charge in [0.05, 0.1) is 0 Å². The Morgan fingerprint density at radius 3 is 2.50 bits per heavy atom. The molecule has 0 aliphatic carbocycles. The second kappa shape index (κ2) is 10.1. The molecule has 3 N–H and O–H groups in total. The summed E-state index contributed by atoms with van der Waals surface area (Å²) in [6.07, 6.45) is 3.08. The zero-order valence-corrected chi connectivity index (χ0v) is 14.0. The van der Waals surface area contributed by atoms with Crippen LogP contribution in [-0.4, -0.2) is 29.6 Å². The summed E-state index contributed by atoms with van der Waals surface area (Å²) in [6, 6.07) is 10.8. The minimum atomic E-state index is -1.12. The van der Waals surface area contributed by atoms with E-state index >= 15 is 0 Å². The van der Waals surface area contributed by atoms with E-state index in [0.29, 0.717) is 6.54 Å². The van der Waals surface area contributed by atoms with Crippen molar-refractivity contribution in [2.24, 2.45) is 5.92 Å². The first-order valence-corrected chi connectivity index (χ1v) is 7.87. The molecule has 1 amide bonds. The Hall–Kier alpha value is -2.81. The van der Waals surface area contributed by atoms with Gasteiger partial charge in [0.1, 0.15) is 17.7 Å². The van der Waals surface area contributed by atoms with Gasteiger partial charge in [-0.05, 0) is 24.3 Å².